The second-order valence-electron chi connectivity index (χ2n) is 7.08. The van der Waals surface area contributed by atoms with Crippen LogP contribution >= 0.6 is 12.4 Å². The average Bonchev–Trinajstić information content (AvgIpc) is 3.27. The highest BCUT2D eigenvalue weighted by Gasteiger charge is 2.44. The largest absolute Gasteiger partial charge is 0.355 e. The molecular weight excluding hydrogens is 296 g/mol. The molecule has 1 aliphatic carbocycles. The van der Waals surface area contributed by atoms with Gasteiger partial charge in [-0.05, 0) is 61.7 Å². The molecule has 1 saturated heterocycles. The van der Waals surface area contributed by atoms with Crippen molar-refractivity contribution < 1.29 is 4.79 Å². The average molecular weight is 323 g/mol. The minimum absolute atomic E-state index is 0. The molecule has 0 spiro atoms. The number of nitrogens with one attached hydrogen (secondary N) is 2. The molecular formula is C18H27ClN2O. The zero-order chi connectivity index (χ0) is 14.9. The molecule has 1 aliphatic heterocycles. The first kappa shape index (κ1) is 17.3. The lowest BCUT2D eigenvalue weighted by molar-refractivity contribution is -0.123. The second kappa shape index (κ2) is 7.01. The van der Waals surface area contributed by atoms with Gasteiger partial charge in [-0.15, -0.1) is 12.4 Å². The normalized spacial score (nSPS) is 25.9. The molecule has 4 heteroatoms. The van der Waals surface area contributed by atoms with Gasteiger partial charge >= 0.3 is 0 Å². The van der Waals surface area contributed by atoms with Gasteiger partial charge in [0.05, 0.1) is 0 Å². The fraction of sp³-hybridized carbons (Fsp3) is 0.611. The topological polar surface area (TPSA) is 41.1 Å². The van der Waals surface area contributed by atoms with E-state index < -0.39 is 0 Å². The quantitative estimate of drug-likeness (QED) is 0.894. The molecule has 122 valence electrons. The number of rotatable bonds is 4. The summed E-state index contributed by atoms with van der Waals surface area (Å²) in [5.41, 5.74) is 2.93. The van der Waals surface area contributed by atoms with E-state index in [-0.39, 0.29) is 29.6 Å². The van der Waals surface area contributed by atoms with Gasteiger partial charge in [-0.2, -0.15) is 0 Å². The highest BCUT2D eigenvalue weighted by atomic mass is 35.5. The van der Waals surface area contributed by atoms with E-state index in [4.69, 9.17) is 0 Å². The fourth-order valence-corrected chi connectivity index (χ4v) is 3.47. The van der Waals surface area contributed by atoms with Crippen molar-refractivity contribution in [3.05, 3.63) is 35.4 Å². The molecule has 0 aromatic heterocycles. The predicted molar refractivity (Wildman–Crippen MR) is 92.5 cm³/mol. The highest BCUT2D eigenvalue weighted by Crippen LogP contribution is 2.48. The summed E-state index contributed by atoms with van der Waals surface area (Å²) < 4.78 is 0. The van der Waals surface area contributed by atoms with Gasteiger partial charge in [0.15, 0.2) is 0 Å². The number of amides is 1. The molecule has 22 heavy (non-hydrogen) atoms. The van der Waals surface area contributed by atoms with Crippen LogP contribution in [-0.2, 0) is 4.79 Å². The van der Waals surface area contributed by atoms with Crippen molar-refractivity contribution in [1.82, 2.24) is 10.6 Å². The second-order valence-corrected chi connectivity index (χ2v) is 7.08. The zero-order valence-corrected chi connectivity index (χ0v) is 14.3. The number of carbonyl (C=O) groups excluding carboxylic acids is 1. The number of piperidine rings is 1. The van der Waals surface area contributed by atoms with E-state index in [1.165, 1.54) is 11.1 Å². The Morgan fingerprint density at radius 2 is 2.00 bits per heavy atom. The van der Waals surface area contributed by atoms with Gasteiger partial charge in [0.1, 0.15) is 0 Å². The van der Waals surface area contributed by atoms with E-state index in [0.717, 1.165) is 38.9 Å². The number of benzene rings is 1. The van der Waals surface area contributed by atoms with Crippen LogP contribution in [0.4, 0.5) is 0 Å². The number of carbonyl (C=O) groups is 1. The lowest BCUT2D eigenvalue weighted by Crippen LogP contribution is -2.43. The van der Waals surface area contributed by atoms with Crippen molar-refractivity contribution in [1.29, 1.82) is 0 Å². The summed E-state index contributed by atoms with van der Waals surface area (Å²) in [5.74, 6) is 0.881. The molecule has 3 rings (SSSR count). The van der Waals surface area contributed by atoms with Crippen LogP contribution in [0.5, 0.6) is 0 Å². The Balaban J connectivity index is 0.00000176. The molecule has 0 radical (unpaired) electrons. The van der Waals surface area contributed by atoms with Gasteiger partial charge in [0.25, 0.3) is 0 Å². The molecule has 2 N–H and O–H groups in total. The van der Waals surface area contributed by atoms with Crippen LogP contribution in [0, 0.1) is 18.3 Å². The number of hydrogen-bond donors (Lipinski definition) is 2. The van der Waals surface area contributed by atoms with Crippen molar-refractivity contribution in [2.75, 3.05) is 19.6 Å². The number of halogens is 1. The van der Waals surface area contributed by atoms with Gasteiger partial charge in [-0.25, -0.2) is 0 Å². The molecule has 2 fully saturated rings. The smallest absolute Gasteiger partial charge is 0.223 e. The van der Waals surface area contributed by atoms with Crippen LogP contribution in [0.3, 0.4) is 0 Å². The molecule has 1 amide bonds. The summed E-state index contributed by atoms with van der Waals surface area (Å²) in [6.45, 7) is 7.40. The first-order valence-corrected chi connectivity index (χ1v) is 8.13. The molecule has 0 bridgehead atoms. The molecule has 1 aromatic rings. The van der Waals surface area contributed by atoms with Crippen LogP contribution in [-0.4, -0.2) is 25.5 Å². The Kier molecular flexibility index (Phi) is 5.51. The first-order chi connectivity index (χ1) is 10.1. The van der Waals surface area contributed by atoms with Crippen LogP contribution in [0.15, 0.2) is 24.3 Å². The van der Waals surface area contributed by atoms with E-state index in [1.54, 1.807) is 0 Å². The van der Waals surface area contributed by atoms with Crippen molar-refractivity contribution in [2.45, 2.75) is 39.0 Å². The van der Waals surface area contributed by atoms with Crippen LogP contribution in [0.2, 0.25) is 0 Å². The number of aryl methyl sites for hydroxylation is 1. The maximum Gasteiger partial charge on any atom is 0.223 e. The minimum atomic E-state index is 0. The highest BCUT2D eigenvalue weighted by molar-refractivity contribution is 5.85. The van der Waals surface area contributed by atoms with Crippen molar-refractivity contribution in [3.8, 4) is 0 Å². The lowest BCUT2D eigenvalue weighted by atomic mass is 9.81. The van der Waals surface area contributed by atoms with Crippen LogP contribution < -0.4 is 10.6 Å². The van der Waals surface area contributed by atoms with Gasteiger partial charge in [-0.1, -0.05) is 31.2 Å². The van der Waals surface area contributed by atoms with Gasteiger partial charge in [0, 0.05) is 12.5 Å². The Labute approximate surface area is 139 Å². The number of hydrogen-bond acceptors (Lipinski definition) is 2. The summed E-state index contributed by atoms with van der Waals surface area (Å²) in [4.78, 5) is 12.4. The summed E-state index contributed by atoms with van der Waals surface area (Å²) in [6, 6.07) is 8.44. The Bertz CT molecular complexity index is 526. The summed E-state index contributed by atoms with van der Waals surface area (Å²) in [5, 5.41) is 6.59. The summed E-state index contributed by atoms with van der Waals surface area (Å²) in [6.07, 6.45) is 3.31. The minimum Gasteiger partial charge on any atom is -0.355 e. The van der Waals surface area contributed by atoms with Gasteiger partial charge in [0.2, 0.25) is 5.91 Å². The summed E-state index contributed by atoms with van der Waals surface area (Å²) in [7, 11) is 0. The summed E-state index contributed by atoms with van der Waals surface area (Å²) >= 11 is 0. The Morgan fingerprint density at radius 1 is 1.32 bits per heavy atom. The van der Waals surface area contributed by atoms with E-state index in [2.05, 4.69) is 48.7 Å². The molecule has 1 saturated carbocycles. The molecule has 2 unspecified atom stereocenters. The van der Waals surface area contributed by atoms with Crippen molar-refractivity contribution in [3.63, 3.8) is 0 Å². The lowest BCUT2D eigenvalue weighted by Gasteiger charge is -2.34. The molecule has 2 atom stereocenters. The standard InChI is InChI=1S/C18H26N2O.ClH/c1-13-5-3-4-6-14(13)15-11-16(15)17(21)20-12-18(2)7-9-19-10-8-18;/h3-6,15-16,19H,7-12H2,1-2H3,(H,20,21);1H. The SMILES string of the molecule is Cc1ccccc1C1CC1C(=O)NCC1(C)CCNCC1.Cl. The monoisotopic (exact) mass is 322 g/mol. The third kappa shape index (κ3) is 3.82. The Morgan fingerprint density at radius 3 is 2.68 bits per heavy atom. The first-order valence-electron chi connectivity index (χ1n) is 8.13. The third-order valence-electron chi connectivity index (χ3n) is 5.22. The zero-order valence-electron chi connectivity index (χ0n) is 13.5. The fourth-order valence-electron chi connectivity index (χ4n) is 3.47. The molecule has 1 aromatic carbocycles. The van der Waals surface area contributed by atoms with Crippen LogP contribution in [0.25, 0.3) is 0 Å². The van der Waals surface area contributed by atoms with E-state index in [1.807, 2.05) is 0 Å². The van der Waals surface area contributed by atoms with E-state index >= 15 is 0 Å². The van der Waals surface area contributed by atoms with Crippen LogP contribution in [0.1, 0.15) is 43.2 Å². The van der Waals surface area contributed by atoms with Gasteiger partial charge in [-0.3, -0.25) is 4.79 Å². The third-order valence-corrected chi connectivity index (χ3v) is 5.22. The van der Waals surface area contributed by atoms with Crippen molar-refractivity contribution >= 4 is 18.3 Å². The van der Waals surface area contributed by atoms with Gasteiger partial charge < -0.3 is 10.6 Å². The maximum absolute atomic E-state index is 12.4. The maximum atomic E-state index is 12.4. The predicted octanol–water partition coefficient (Wildman–Crippen LogP) is 3.03. The van der Waals surface area contributed by atoms with E-state index in [9.17, 15) is 4.79 Å². The van der Waals surface area contributed by atoms with E-state index in [0.29, 0.717) is 5.92 Å². The molecule has 3 nitrogen and oxygen atoms in total. The van der Waals surface area contributed by atoms with Crippen molar-refractivity contribution in [2.24, 2.45) is 11.3 Å². The Hall–Kier alpha value is -1.06. The molecule has 2 aliphatic rings. The molecule has 1 heterocycles.